The highest BCUT2D eigenvalue weighted by molar-refractivity contribution is 5.94. The van der Waals surface area contributed by atoms with E-state index in [-0.39, 0.29) is 24.3 Å². The summed E-state index contributed by atoms with van der Waals surface area (Å²) in [5, 5.41) is 5.45. The monoisotopic (exact) mass is 467 g/mol. The van der Waals surface area contributed by atoms with E-state index in [2.05, 4.69) is 10.6 Å². The van der Waals surface area contributed by atoms with E-state index in [0.717, 1.165) is 18.6 Å². The molecule has 0 aromatic heterocycles. The zero-order valence-corrected chi connectivity index (χ0v) is 20.0. The van der Waals surface area contributed by atoms with E-state index in [1.807, 2.05) is 30.3 Å². The van der Waals surface area contributed by atoms with E-state index in [1.54, 1.807) is 49.9 Å². The van der Waals surface area contributed by atoms with Crippen molar-refractivity contribution in [1.82, 2.24) is 15.5 Å². The number of carbonyl (C=O) groups excluding carboxylic acids is 3. The molecule has 0 spiro atoms. The highest BCUT2D eigenvalue weighted by atomic mass is 16.6. The van der Waals surface area contributed by atoms with Gasteiger partial charge in [-0.25, -0.2) is 4.79 Å². The predicted molar refractivity (Wildman–Crippen MR) is 129 cm³/mol. The van der Waals surface area contributed by atoms with Crippen LogP contribution in [0.25, 0.3) is 0 Å². The second-order valence-corrected chi connectivity index (χ2v) is 9.25. The van der Waals surface area contributed by atoms with Gasteiger partial charge in [-0.3, -0.25) is 9.59 Å². The predicted octanol–water partition coefficient (Wildman–Crippen LogP) is 3.97. The van der Waals surface area contributed by atoms with Gasteiger partial charge in [-0.1, -0.05) is 18.2 Å². The van der Waals surface area contributed by atoms with E-state index < -0.39 is 11.7 Å². The molecule has 3 rings (SSSR count). The van der Waals surface area contributed by atoms with Crippen molar-refractivity contribution < 1.29 is 23.9 Å². The molecule has 0 bridgehead atoms. The van der Waals surface area contributed by atoms with E-state index in [0.29, 0.717) is 30.9 Å². The summed E-state index contributed by atoms with van der Waals surface area (Å²) in [7, 11) is 0. The Labute approximate surface area is 200 Å². The van der Waals surface area contributed by atoms with Crippen molar-refractivity contribution in [2.24, 2.45) is 5.92 Å². The molecular weight excluding hydrogens is 434 g/mol. The highest BCUT2D eigenvalue weighted by Gasteiger charge is 2.28. The van der Waals surface area contributed by atoms with Crippen LogP contribution in [0.5, 0.6) is 11.5 Å². The Morgan fingerprint density at radius 2 is 1.59 bits per heavy atom. The molecule has 2 N–H and O–H groups in total. The van der Waals surface area contributed by atoms with Gasteiger partial charge in [0.15, 0.2) is 0 Å². The van der Waals surface area contributed by atoms with Gasteiger partial charge >= 0.3 is 6.09 Å². The fourth-order valence-corrected chi connectivity index (χ4v) is 3.66. The summed E-state index contributed by atoms with van der Waals surface area (Å²) in [4.78, 5) is 39.0. The molecule has 2 aromatic carbocycles. The minimum absolute atomic E-state index is 0.102. The van der Waals surface area contributed by atoms with E-state index >= 15 is 0 Å². The van der Waals surface area contributed by atoms with E-state index in [9.17, 15) is 14.4 Å². The topological polar surface area (TPSA) is 97.0 Å². The molecule has 182 valence electrons. The minimum Gasteiger partial charge on any atom is -0.457 e. The number of para-hydroxylation sites is 1. The molecule has 8 nitrogen and oxygen atoms in total. The van der Waals surface area contributed by atoms with Gasteiger partial charge in [0, 0.05) is 31.7 Å². The molecule has 2 aromatic rings. The number of nitrogens with zero attached hydrogens (tertiary/aromatic N) is 1. The fraction of sp³-hybridized carbons (Fsp3) is 0.423. The zero-order valence-electron chi connectivity index (χ0n) is 20.0. The molecule has 1 aliphatic rings. The highest BCUT2D eigenvalue weighted by Crippen LogP contribution is 2.23. The number of benzene rings is 2. The number of piperidine rings is 1. The minimum atomic E-state index is -0.569. The van der Waals surface area contributed by atoms with Gasteiger partial charge in [0.25, 0.3) is 5.91 Å². The Morgan fingerprint density at radius 1 is 0.941 bits per heavy atom. The van der Waals surface area contributed by atoms with Crippen LogP contribution in [-0.4, -0.2) is 54.6 Å². The molecule has 3 amide bonds. The number of ether oxygens (including phenoxy) is 2. The van der Waals surface area contributed by atoms with Gasteiger partial charge in [-0.15, -0.1) is 0 Å². The average molecular weight is 468 g/mol. The maximum Gasteiger partial charge on any atom is 0.407 e. The first-order valence-corrected chi connectivity index (χ1v) is 11.6. The smallest absolute Gasteiger partial charge is 0.407 e. The van der Waals surface area contributed by atoms with E-state index in [4.69, 9.17) is 9.47 Å². The first-order valence-electron chi connectivity index (χ1n) is 11.6. The molecule has 1 heterocycles. The van der Waals surface area contributed by atoms with Crippen molar-refractivity contribution in [3.8, 4) is 11.5 Å². The Morgan fingerprint density at radius 3 is 2.26 bits per heavy atom. The maximum atomic E-state index is 13.0. The summed E-state index contributed by atoms with van der Waals surface area (Å²) in [6.45, 7) is 6.92. The average Bonchev–Trinajstić information content (AvgIpc) is 2.81. The molecule has 0 aliphatic carbocycles. The standard InChI is InChI=1S/C26H33N3O5/c1-26(2,3)34-25(32)28-16-15-27-23(30)20-8-7-17-29(18-20)24(31)19-11-13-22(14-12-19)33-21-9-5-4-6-10-21/h4-6,9-14,20H,7-8,15-18H2,1-3H3,(H,27,30)(H,28,32). The van der Waals surface area contributed by atoms with Crippen LogP contribution >= 0.6 is 0 Å². The quantitative estimate of drug-likeness (QED) is 0.601. The van der Waals surface area contributed by atoms with Crippen molar-refractivity contribution in [3.05, 3.63) is 60.2 Å². The first-order chi connectivity index (χ1) is 16.2. The fourth-order valence-electron chi connectivity index (χ4n) is 3.66. The van der Waals surface area contributed by atoms with Crippen LogP contribution in [0.15, 0.2) is 54.6 Å². The van der Waals surface area contributed by atoms with Gasteiger partial charge < -0.3 is 25.0 Å². The Hall–Kier alpha value is -3.55. The summed E-state index contributed by atoms with van der Waals surface area (Å²) in [6, 6.07) is 16.5. The number of rotatable bonds is 7. The number of likely N-dealkylation sites (tertiary alicyclic amines) is 1. The summed E-state index contributed by atoms with van der Waals surface area (Å²) < 4.78 is 10.9. The molecule has 0 saturated carbocycles. The second-order valence-electron chi connectivity index (χ2n) is 9.25. The van der Waals surface area contributed by atoms with Gasteiger partial charge in [0.05, 0.1) is 5.92 Å². The number of nitrogens with one attached hydrogen (secondary N) is 2. The largest absolute Gasteiger partial charge is 0.457 e. The lowest BCUT2D eigenvalue weighted by Crippen LogP contribution is -2.46. The molecule has 34 heavy (non-hydrogen) atoms. The van der Waals surface area contributed by atoms with Crippen LogP contribution in [0.3, 0.4) is 0 Å². The van der Waals surface area contributed by atoms with Crippen molar-refractivity contribution in [2.75, 3.05) is 26.2 Å². The molecule has 1 aliphatic heterocycles. The molecule has 0 radical (unpaired) electrons. The number of hydrogen-bond donors (Lipinski definition) is 2. The van der Waals surface area contributed by atoms with Gasteiger partial charge in [0.2, 0.25) is 5.91 Å². The van der Waals surface area contributed by atoms with Crippen LogP contribution in [0.2, 0.25) is 0 Å². The first kappa shape index (κ1) is 25.1. The van der Waals surface area contributed by atoms with Gasteiger partial charge in [-0.05, 0) is 70.0 Å². The van der Waals surface area contributed by atoms with Crippen molar-refractivity contribution in [1.29, 1.82) is 0 Å². The number of amides is 3. The molecule has 1 saturated heterocycles. The van der Waals surface area contributed by atoms with Crippen LogP contribution in [0.4, 0.5) is 4.79 Å². The number of hydrogen-bond acceptors (Lipinski definition) is 5. The number of alkyl carbamates (subject to hydrolysis) is 1. The number of carbonyl (C=O) groups is 3. The van der Waals surface area contributed by atoms with Crippen molar-refractivity contribution in [2.45, 2.75) is 39.2 Å². The third-order valence-corrected chi connectivity index (χ3v) is 5.25. The molecule has 1 atom stereocenters. The molecule has 1 unspecified atom stereocenters. The lowest BCUT2D eigenvalue weighted by atomic mass is 9.96. The SMILES string of the molecule is CC(C)(C)OC(=O)NCCNC(=O)C1CCCN(C(=O)c2ccc(Oc3ccccc3)cc2)C1. The van der Waals surface area contributed by atoms with Crippen LogP contribution < -0.4 is 15.4 Å². The molecule has 1 fully saturated rings. The Balaban J connectivity index is 1.45. The molecule has 8 heteroatoms. The zero-order chi connectivity index (χ0) is 24.6. The van der Waals surface area contributed by atoms with Crippen LogP contribution in [-0.2, 0) is 9.53 Å². The lowest BCUT2D eigenvalue weighted by Gasteiger charge is -2.32. The summed E-state index contributed by atoms with van der Waals surface area (Å²) in [5.41, 5.74) is -0.0104. The Kier molecular flexibility index (Phi) is 8.51. The maximum absolute atomic E-state index is 13.0. The summed E-state index contributed by atoms with van der Waals surface area (Å²) in [5.74, 6) is 0.886. The van der Waals surface area contributed by atoms with Crippen molar-refractivity contribution in [3.63, 3.8) is 0 Å². The normalized spacial score (nSPS) is 15.9. The van der Waals surface area contributed by atoms with Gasteiger partial charge in [-0.2, -0.15) is 0 Å². The van der Waals surface area contributed by atoms with Gasteiger partial charge in [0.1, 0.15) is 17.1 Å². The third-order valence-electron chi connectivity index (χ3n) is 5.25. The van der Waals surface area contributed by atoms with E-state index in [1.165, 1.54) is 0 Å². The Bertz CT molecular complexity index is 970. The lowest BCUT2D eigenvalue weighted by molar-refractivity contribution is -0.126. The third kappa shape index (κ3) is 7.79. The van der Waals surface area contributed by atoms with Crippen LogP contribution in [0.1, 0.15) is 44.0 Å². The summed E-state index contributed by atoms with van der Waals surface area (Å²) >= 11 is 0. The van der Waals surface area contributed by atoms with Crippen LogP contribution in [0, 0.1) is 5.92 Å². The summed E-state index contributed by atoms with van der Waals surface area (Å²) in [6.07, 6.45) is 0.963. The van der Waals surface area contributed by atoms with Crippen molar-refractivity contribution >= 4 is 17.9 Å². The second kappa shape index (κ2) is 11.5. The molecular formula is C26H33N3O5.